The molecular weight excluding hydrogens is 346 g/mol. The summed E-state index contributed by atoms with van der Waals surface area (Å²) in [6.45, 7) is 2.87. The fourth-order valence-electron chi connectivity index (χ4n) is 3.38. The quantitative estimate of drug-likeness (QED) is 0.670. The Balaban J connectivity index is 1.38. The number of rotatable bonds is 5. The molecule has 134 valence electrons. The van der Waals surface area contributed by atoms with E-state index in [1.807, 2.05) is 42.2 Å². The minimum absolute atomic E-state index is 0.163. The highest BCUT2D eigenvalue weighted by Crippen LogP contribution is 2.34. The maximum atomic E-state index is 12.7. The first kappa shape index (κ1) is 17.0. The van der Waals surface area contributed by atoms with Crippen LogP contribution in [0.1, 0.15) is 41.6 Å². The fourth-order valence-corrected chi connectivity index (χ4v) is 4.25. The van der Waals surface area contributed by atoms with Crippen molar-refractivity contribution < 1.29 is 9.32 Å². The highest BCUT2D eigenvalue weighted by atomic mass is 32.1. The van der Waals surface area contributed by atoms with Crippen molar-refractivity contribution in [1.29, 1.82) is 0 Å². The summed E-state index contributed by atoms with van der Waals surface area (Å²) in [6, 6.07) is 12.4. The maximum absolute atomic E-state index is 12.7. The molecule has 0 saturated carbocycles. The Morgan fingerprint density at radius 2 is 2.15 bits per heavy atom. The Bertz CT molecular complexity index is 871. The molecule has 3 heterocycles. The molecular formula is C20H21N3O2S. The first-order chi connectivity index (χ1) is 12.7. The third kappa shape index (κ3) is 3.55. The van der Waals surface area contributed by atoms with Crippen molar-refractivity contribution in [3.8, 4) is 11.4 Å². The second kappa shape index (κ2) is 7.41. The number of amides is 1. The molecule has 1 aliphatic heterocycles. The zero-order chi connectivity index (χ0) is 17.9. The summed E-state index contributed by atoms with van der Waals surface area (Å²) in [4.78, 5) is 20.4. The summed E-state index contributed by atoms with van der Waals surface area (Å²) < 4.78 is 5.33. The SMILES string of the molecule is Cc1ccc(-c2noc(CCC(=O)N3CCCC3c3cccs3)n2)cc1. The molecule has 1 amide bonds. The molecule has 0 bridgehead atoms. The average molecular weight is 367 g/mol. The molecule has 26 heavy (non-hydrogen) atoms. The van der Waals surface area contributed by atoms with Crippen LogP contribution in [0.15, 0.2) is 46.3 Å². The van der Waals surface area contributed by atoms with Crippen LogP contribution >= 0.6 is 11.3 Å². The van der Waals surface area contributed by atoms with Crippen molar-refractivity contribution in [3.05, 3.63) is 58.1 Å². The second-order valence-electron chi connectivity index (χ2n) is 6.64. The topological polar surface area (TPSA) is 59.2 Å². The minimum Gasteiger partial charge on any atom is -0.339 e. The molecule has 1 aliphatic rings. The standard InChI is InChI=1S/C20H21N3O2S/c1-14-6-8-15(9-7-14)20-21-18(25-22-20)10-11-19(24)23-12-2-4-16(23)17-5-3-13-26-17/h3,5-9,13,16H,2,4,10-12H2,1H3. The van der Waals surface area contributed by atoms with Gasteiger partial charge in [-0.25, -0.2) is 0 Å². The van der Waals surface area contributed by atoms with Crippen molar-refractivity contribution in [1.82, 2.24) is 15.0 Å². The van der Waals surface area contributed by atoms with Crippen molar-refractivity contribution >= 4 is 17.2 Å². The minimum atomic E-state index is 0.163. The number of hydrogen-bond acceptors (Lipinski definition) is 5. The van der Waals surface area contributed by atoms with Gasteiger partial charge in [-0.3, -0.25) is 4.79 Å². The van der Waals surface area contributed by atoms with Gasteiger partial charge in [-0.1, -0.05) is 41.1 Å². The van der Waals surface area contributed by atoms with E-state index >= 15 is 0 Å². The average Bonchev–Trinajstić information content (AvgIpc) is 3.40. The summed E-state index contributed by atoms with van der Waals surface area (Å²) in [6.07, 6.45) is 2.99. The van der Waals surface area contributed by atoms with Crippen LogP contribution in [0.5, 0.6) is 0 Å². The molecule has 1 aromatic carbocycles. The lowest BCUT2D eigenvalue weighted by atomic mass is 10.1. The summed E-state index contributed by atoms with van der Waals surface area (Å²) in [5, 5.41) is 6.11. The number of nitrogens with zero attached hydrogens (tertiary/aromatic N) is 3. The lowest BCUT2D eigenvalue weighted by molar-refractivity contribution is -0.132. The summed E-state index contributed by atoms with van der Waals surface area (Å²) in [5.41, 5.74) is 2.11. The number of likely N-dealkylation sites (tertiary alicyclic amines) is 1. The number of hydrogen-bond donors (Lipinski definition) is 0. The highest BCUT2D eigenvalue weighted by molar-refractivity contribution is 7.10. The molecule has 0 N–H and O–H groups in total. The van der Waals surface area contributed by atoms with Crippen molar-refractivity contribution in [2.24, 2.45) is 0 Å². The van der Waals surface area contributed by atoms with E-state index in [0.717, 1.165) is 24.9 Å². The molecule has 1 unspecified atom stereocenters. The summed E-state index contributed by atoms with van der Waals surface area (Å²) in [5.74, 6) is 1.25. The van der Waals surface area contributed by atoms with Gasteiger partial charge in [0.1, 0.15) is 0 Å². The second-order valence-corrected chi connectivity index (χ2v) is 7.62. The van der Waals surface area contributed by atoms with E-state index in [-0.39, 0.29) is 11.9 Å². The van der Waals surface area contributed by atoms with Crippen LogP contribution in [-0.4, -0.2) is 27.5 Å². The van der Waals surface area contributed by atoms with Crippen LogP contribution in [0, 0.1) is 6.92 Å². The Morgan fingerprint density at radius 3 is 2.92 bits per heavy atom. The first-order valence-corrected chi connectivity index (χ1v) is 9.81. The van der Waals surface area contributed by atoms with Gasteiger partial charge in [0.25, 0.3) is 0 Å². The third-order valence-corrected chi connectivity index (χ3v) is 5.75. The number of thiophene rings is 1. The zero-order valence-electron chi connectivity index (χ0n) is 14.7. The van der Waals surface area contributed by atoms with Crippen molar-refractivity contribution in [3.63, 3.8) is 0 Å². The van der Waals surface area contributed by atoms with Crippen LogP contribution in [0.2, 0.25) is 0 Å². The maximum Gasteiger partial charge on any atom is 0.227 e. The van der Waals surface area contributed by atoms with Crippen molar-refractivity contribution in [2.45, 2.75) is 38.6 Å². The van der Waals surface area contributed by atoms with Gasteiger partial charge in [0, 0.05) is 29.8 Å². The van der Waals surface area contributed by atoms with Gasteiger partial charge in [-0.05, 0) is 31.2 Å². The zero-order valence-corrected chi connectivity index (χ0v) is 15.5. The van der Waals surface area contributed by atoms with Crippen LogP contribution in [-0.2, 0) is 11.2 Å². The van der Waals surface area contributed by atoms with Crippen LogP contribution in [0.3, 0.4) is 0 Å². The van der Waals surface area contributed by atoms with Gasteiger partial charge < -0.3 is 9.42 Å². The predicted octanol–water partition coefficient (Wildman–Crippen LogP) is 4.40. The molecule has 0 radical (unpaired) electrons. The Kier molecular flexibility index (Phi) is 4.84. The predicted molar refractivity (Wildman–Crippen MR) is 101 cm³/mol. The third-order valence-electron chi connectivity index (χ3n) is 4.78. The molecule has 0 aliphatic carbocycles. The van der Waals surface area contributed by atoms with Crippen LogP contribution in [0.25, 0.3) is 11.4 Å². The van der Waals surface area contributed by atoms with Gasteiger partial charge >= 0.3 is 0 Å². The molecule has 5 nitrogen and oxygen atoms in total. The molecule has 4 rings (SSSR count). The fraction of sp³-hybridized carbons (Fsp3) is 0.350. The lowest BCUT2D eigenvalue weighted by Crippen LogP contribution is -2.30. The smallest absolute Gasteiger partial charge is 0.227 e. The number of aryl methyl sites for hydroxylation is 2. The van der Waals surface area contributed by atoms with Gasteiger partial charge in [0.05, 0.1) is 6.04 Å². The summed E-state index contributed by atoms with van der Waals surface area (Å²) >= 11 is 1.72. The lowest BCUT2D eigenvalue weighted by Gasteiger charge is -2.23. The first-order valence-electron chi connectivity index (χ1n) is 8.93. The Labute approximate surface area is 156 Å². The van der Waals surface area contributed by atoms with Gasteiger partial charge in [-0.15, -0.1) is 11.3 Å². The van der Waals surface area contributed by atoms with Crippen LogP contribution in [0.4, 0.5) is 0 Å². The van der Waals surface area contributed by atoms with E-state index in [1.165, 1.54) is 10.4 Å². The van der Waals surface area contributed by atoms with E-state index in [4.69, 9.17) is 4.52 Å². The normalized spacial score (nSPS) is 17.0. The van der Waals surface area contributed by atoms with Crippen LogP contribution < -0.4 is 0 Å². The number of carbonyl (C=O) groups excluding carboxylic acids is 1. The number of benzene rings is 1. The molecule has 6 heteroatoms. The largest absolute Gasteiger partial charge is 0.339 e. The van der Waals surface area contributed by atoms with E-state index in [0.29, 0.717) is 24.6 Å². The van der Waals surface area contributed by atoms with Gasteiger partial charge in [-0.2, -0.15) is 4.98 Å². The van der Waals surface area contributed by atoms with Crippen molar-refractivity contribution in [2.75, 3.05) is 6.54 Å². The number of aromatic nitrogens is 2. The highest BCUT2D eigenvalue weighted by Gasteiger charge is 2.30. The summed E-state index contributed by atoms with van der Waals surface area (Å²) in [7, 11) is 0. The Morgan fingerprint density at radius 1 is 1.31 bits per heavy atom. The van der Waals surface area contributed by atoms with Gasteiger partial charge in [0.15, 0.2) is 0 Å². The molecule has 3 aromatic rings. The molecule has 1 fully saturated rings. The molecule has 1 saturated heterocycles. The molecule has 0 spiro atoms. The Hall–Kier alpha value is -2.47. The van der Waals surface area contributed by atoms with Gasteiger partial charge in [0.2, 0.25) is 17.6 Å². The monoisotopic (exact) mass is 367 g/mol. The van der Waals surface area contributed by atoms with E-state index in [9.17, 15) is 4.79 Å². The molecule has 1 atom stereocenters. The van der Waals surface area contributed by atoms with E-state index in [2.05, 4.69) is 21.6 Å². The van der Waals surface area contributed by atoms with E-state index in [1.54, 1.807) is 11.3 Å². The number of carbonyl (C=O) groups is 1. The molecule has 2 aromatic heterocycles. The van der Waals surface area contributed by atoms with E-state index < -0.39 is 0 Å².